The number of hydrogen-bond donors (Lipinski definition) is 5. The molecule has 0 aliphatic carbocycles. The summed E-state index contributed by atoms with van der Waals surface area (Å²) in [4.78, 5) is 48.5. The fourth-order valence-corrected chi connectivity index (χ4v) is 9.62. The fourth-order valence-electron chi connectivity index (χ4n) is 9.62. The third-order valence-corrected chi connectivity index (χ3v) is 13.1. The van der Waals surface area contributed by atoms with E-state index in [2.05, 4.69) is 74.9 Å². The van der Waals surface area contributed by atoms with Gasteiger partial charge in [0.2, 0.25) is 11.9 Å². The summed E-state index contributed by atoms with van der Waals surface area (Å²) in [5.74, 6) is 0.890. The highest BCUT2D eigenvalue weighted by atomic mass is 19.4. The Balaban J connectivity index is 0.000000185. The first-order valence-corrected chi connectivity index (χ1v) is 25.3. The predicted octanol–water partition coefficient (Wildman–Crippen LogP) is 7.22. The second kappa shape index (κ2) is 23.1. The van der Waals surface area contributed by atoms with Crippen LogP contribution in [0.15, 0.2) is 85.7 Å². The van der Waals surface area contributed by atoms with E-state index in [0.29, 0.717) is 50.2 Å². The van der Waals surface area contributed by atoms with Gasteiger partial charge in [0, 0.05) is 69.6 Å². The number of alkyl halides is 3. The number of ether oxygens (including phenoxy) is 2. The van der Waals surface area contributed by atoms with Crippen molar-refractivity contribution >= 4 is 35.3 Å². The number of aryl methyl sites for hydroxylation is 2. The molecule has 398 valence electrons. The zero-order valence-corrected chi connectivity index (χ0v) is 43.0. The molecule has 4 amide bonds. The molecule has 10 rings (SSSR count). The summed E-state index contributed by atoms with van der Waals surface area (Å²) in [5.41, 5.74) is 8.58. The van der Waals surface area contributed by atoms with Crippen molar-refractivity contribution in [2.75, 3.05) is 56.4 Å². The molecule has 2 aromatic carbocycles. The third kappa shape index (κ3) is 13.9. The van der Waals surface area contributed by atoms with Crippen LogP contribution < -0.4 is 26.6 Å². The van der Waals surface area contributed by atoms with Crippen molar-refractivity contribution in [1.29, 1.82) is 0 Å². The topological polar surface area (TPSA) is 210 Å². The molecule has 4 aromatic heterocycles. The minimum atomic E-state index is -4.33. The maximum atomic E-state index is 13.4. The summed E-state index contributed by atoms with van der Waals surface area (Å²) in [7, 11) is 3.67. The number of hydrogen-bond acceptors (Lipinski definition) is 14. The quantitative estimate of drug-likeness (QED) is 0.0774. The minimum absolute atomic E-state index is 0.00222. The van der Waals surface area contributed by atoms with Gasteiger partial charge < -0.3 is 45.9 Å². The monoisotopic (exact) mass is 1030 g/mol. The number of nitrogens with one attached hydrogen (secondary N) is 5. The largest absolute Gasteiger partial charge is 0.401 e. The number of benzene rings is 2. The lowest BCUT2D eigenvalue weighted by atomic mass is 9.96. The van der Waals surface area contributed by atoms with E-state index in [9.17, 15) is 22.8 Å². The van der Waals surface area contributed by atoms with Crippen molar-refractivity contribution in [2.45, 2.75) is 96.3 Å². The Bertz CT molecular complexity index is 2920. The fraction of sp³-hybridized carbons (Fsp3) is 0.462. The van der Waals surface area contributed by atoms with E-state index in [-0.39, 0.29) is 55.6 Å². The van der Waals surface area contributed by atoms with Crippen LogP contribution in [0.1, 0.15) is 74.9 Å². The molecule has 2 saturated heterocycles. The number of carbonyl (C=O) groups excluding carboxylic acids is 2. The third-order valence-electron chi connectivity index (χ3n) is 13.1. The van der Waals surface area contributed by atoms with Gasteiger partial charge in [-0.1, -0.05) is 24.3 Å². The standard InChI is InChI=1S/C27H33F3N8O2.C25H32N8O2/c1-17(2)40-21-14-38(15-21)26(39)35-24-7-9-37(16-27(28,29)30)12-19-10-18(4-5-22(19)24)23-6-8-31-25(34-23)33-20-11-32-36(3)13-20;1-16(2)35-20-14-33(15-20)25(34)31-23-6-8-26-11-18-10-17(4-5-21(18)23)22-7-9-27-24(30-22)29-19-12-28-32(3)13-19/h4-6,8,10-11,13,17,21,24H,7,9,12,14-16H2,1-3H3,(H,35,39)(H,31,33,34);4-5,7,9-10,12-13,16,20,23,26H,6,8,11,14-15H2,1-3H3,(H,31,34)(H,27,29,30). The lowest BCUT2D eigenvalue weighted by Gasteiger charge is -2.40. The van der Waals surface area contributed by atoms with E-state index in [1.807, 2.05) is 70.1 Å². The van der Waals surface area contributed by atoms with Crippen molar-refractivity contribution in [2.24, 2.45) is 14.1 Å². The number of fused-ring (bicyclic) bond motifs is 2. The van der Waals surface area contributed by atoms with Gasteiger partial charge in [-0.3, -0.25) is 14.3 Å². The van der Waals surface area contributed by atoms with Gasteiger partial charge in [-0.15, -0.1) is 0 Å². The number of anilines is 4. The second-order valence-electron chi connectivity index (χ2n) is 19.9. The van der Waals surface area contributed by atoms with Crippen LogP contribution in [0.2, 0.25) is 0 Å². The molecular weight excluding hydrogens is 970 g/mol. The van der Waals surface area contributed by atoms with Gasteiger partial charge in [-0.05, 0) is 93.6 Å². The molecule has 0 radical (unpaired) electrons. The van der Waals surface area contributed by atoms with Gasteiger partial charge in [0.05, 0.1) is 104 Å². The molecule has 6 aromatic rings. The van der Waals surface area contributed by atoms with Crippen LogP contribution in [-0.4, -0.2) is 143 Å². The molecule has 8 heterocycles. The first-order chi connectivity index (χ1) is 36.0. The number of rotatable bonds is 13. The molecular formula is C52H65F3N16O4. The number of aromatic nitrogens is 8. The first kappa shape index (κ1) is 52.6. The van der Waals surface area contributed by atoms with E-state index in [1.54, 1.807) is 58.4 Å². The number of halogens is 3. The summed E-state index contributed by atoms with van der Waals surface area (Å²) < 4.78 is 54.9. The summed E-state index contributed by atoms with van der Waals surface area (Å²) in [6.45, 7) is 11.1. The van der Waals surface area contributed by atoms with Crippen LogP contribution in [0.25, 0.3) is 22.5 Å². The highest BCUT2D eigenvalue weighted by Gasteiger charge is 2.37. The minimum Gasteiger partial charge on any atom is -0.372 e. The Hall–Kier alpha value is -7.21. The summed E-state index contributed by atoms with van der Waals surface area (Å²) in [5, 5.41) is 24.3. The number of urea groups is 2. The maximum absolute atomic E-state index is 13.4. The molecule has 5 N–H and O–H groups in total. The molecule has 2 fully saturated rings. The Morgan fingerprint density at radius 1 is 0.707 bits per heavy atom. The molecule has 0 saturated carbocycles. The van der Waals surface area contributed by atoms with E-state index in [4.69, 9.17) is 9.47 Å². The Morgan fingerprint density at radius 2 is 1.20 bits per heavy atom. The highest BCUT2D eigenvalue weighted by Crippen LogP contribution is 2.34. The van der Waals surface area contributed by atoms with Gasteiger partial charge >= 0.3 is 18.2 Å². The lowest BCUT2D eigenvalue weighted by Crippen LogP contribution is -2.58. The van der Waals surface area contributed by atoms with Crippen molar-refractivity contribution in [1.82, 2.24) is 70.1 Å². The highest BCUT2D eigenvalue weighted by molar-refractivity contribution is 5.77. The van der Waals surface area contributed by atoms with Gasteiger partial charge in [-0.25, -0.2) is 29.5 Å². The Labute approximate surface area is 433 Å². The van der Waals surface area contributed by atoms with Crippen molar-refractivity contribution in [3.63, 3.8) is 0 Å². The molecule has 4 aliphatic heterocycles. The Kier molecular flexibility index (Phi) is 16.2. The van der Waals surface area contributed by atoms with Crippen molar-refractivity contribution < 1.29 is 32.2 Å². The molecule has 0 bridgehead atoms. The van der Waals surface area contributed by atoms with E-state index >= 15 is 0 Å². The summed E-state index contributed by atoms with van der Waals surface area (Å²) in [6.07, 6.45) is 7.68. The van der Waals surface area contributed by atoms with Crippen LogP contribution in [0.3, 0.4) is 0 Å². The molecule has 2 atom stereocenters. The normalized spacial score (nSPS) is 18.2. The number of amides is 4. The summed E-state index contributed by atoms with van der Waals surface area (Å²) in [6, 6.07) is 14.9. The van der Waals surface area contributed by atoms with Crippen molar-refractivity contribution in [3.8, 4) is 22.5 Å². The van der Waals surface area contributed by atoms with Crippen LogP contribution in [0.4, 0.5) is 46.0 Å². The van der Waals surface area contributed by atoms with Gasteiger partial charge in [-0.2, -0.15) is 23.4 Å². The summed E-state index contributed by atoms with van der Waals surface area (Å²) >= 11 is 0. The smallest absolute Gasteiger partial charge is 0.372 e. The zero-order valence-electron chi connectivity index (χ0n) is 43.0. The van der Waals surface area contributed by atoms with Crippen LogP contribution in [0, 0.1) is 0 Å². The Morgan fingerprint density at radius 3 is 1.68 bits per heavy atom. The average molecular weight is 1040 g/mol. The van der Waals surface area contributed by atoms with E-state index in [0.717, 1.165) is 70.0 Å². The van der Waals surface area contributed by atoms with Gasteiger partial charge in [0.15, 0.2) is 0 Å². The van der Waals surface area contributed by atoms with Crippen LogP contribution in [0.5, 0.6) is 0 Å². The molecule has 2 unspecified atom stereocenters. The van der Waals surface area contributed by atoms with Gasteiger partial charge in [0.25, 0.3) is 0 Å². The molecule has 4 aliphatic rings. The zero-order chi connectivity index (χ0) is 52.8. The van der Waals surface area contributed by atoms with Gasteiger partial charge in [0.1, 0.15) is 0 Å². The molecule has 23 heteroatoms. The van der Waals surface area contributed by atoms with Crippen molar-refractivity contribution in [3.05, 3.63) is 108 Å². The molecule has 20 nitrogen and oxygen atoms in total. The first-order valence-electron chi connectivity index (χ1n) is 25.3. The second-order valence-corrected chi connectivity index (χ2v) is 19.9. The lowest BCUT2D eigenvalue weighted by molar-refractivity contribution is -0.147. The number of likely N-dealkylation sites (tertiary alicyclic amines) is 2. The number of nitrogens with zero attached hydrogens (tertiary/aromatic N) is 11. The predicted molar refractivity (Wildman–Crippen MR) is 276 cm³/mol. The molecule has 75 heavy (non-hydrogen) atoms. The van der Waals surface area contributed by atoms with Crippen LogP contribution >= 0.6 is 0 Å². The van der Waals surface area contributed by atoms with E-state index in [1.165, 1.54) is 4.90 Å². The SMILES string of the molecule is CC(C)OC1CN(C(=O)NC2CCN(CC(F)(F)F)Cc3cc(-c4ccnc(Nc5cnn(C)c5)n4)ccc32)C1.CC(C)OC1CN(C(=O)NC2CCNCc3cc(-c4ccnc(Nc5cnn(C)c5)n4)ccc32)C1. The van der Waals surface area contributed by atoms with Crippen LogP contribution in [-0.2, 0) is 36.7 Å². The number of carbonyl (C=O) groups is 2. The van der Waals surface area contributed by atoms with E-state index < -0.39 is 18.8 Å². The maximum Gasteiger partial charge on any atom is 0.401 e. The molecule has 0 spiro atoms. The average Bonchev–Trinajstić information content (AvgIpc) is 3.84.